The standard InChI is InChI=1S/C19H18ClN5O4S2/c20-17-16-10(3-5-23-17)8-15(30-16)31(28,29)24-13-4-6-25(19(13)27)9-12-7-11(18(21)22)1-2-14(12)26/h1-3,5,7-8,13,24,26H,4,6,9H2,(H3,21,22). The number of nitrogens with two attached hydrogens (primary N) is 1. The van der Waals surface area contributed by atoms with Gasteiger partial charge < -0.3 is 15.7 Å². The highest BCUT2D eigenvalue weighted by Crippen LogP contribution is 2.33. The van der Waals surface area contributed by atoms with Gasteiger partial charge >= 0.3 is 0 Å². The Morgan fingerprint density at radius 3 is 2.87 bits per heavy atom. The van der Waals surface area contributed by atoms with Crippen molar-refractivity contribution in [1.82, 2.24) is 14.6 Å². The number of phenolic OH excluding ortho intramolecular Hbond substituents is 1. The molecule has 1 atom stereocenters. The molecule has 162 valence electrons. The van der Waals surface area contributed by atoms with E-state index in [1.807, 2.05) is 0 Å². The van der Waals surface area contributed by atoms with E-state index < -0.39 is 22.0 Å². The summed E-state index contributed by atoms with van der Waals surface area (Å²) in [6.07, 6.45) is 1.79. The van der Waals surface area contributed by atoms with Crippen molar-refractivity contribution in [3.05, 3.63) is 52.8 Å². The molecule has 0 aliphatic carbocycles. The molecule has 31 heavy (non-hydrogen) atoms. The number of halogens is 1. The van der Waals surface area contributed by atoms with Crippen molar-refractivity contribution >= 4 is 54.8 Å². The molecular formula is C19H18ClN5O4S2. The second kappa shape index (κ2) is 8.08. The number of thiophene rings is 1. The summed E-state index contributed by atoms with van der Waals surface area (Å²) in [5.74, 6) is -0.576. The monoisotopic (exact) mass is 479 g/mol. The number of hydrogen-bond acceptors (Lipinski definition) is 7. The summed E-state index contributed by atoms with van der Waals surface area (Å²) in [6, 6.07) is 6.71. The second-order valence-electron chi connectivity index (χ2n) is 7.07. The van der Waals surface area contributed by atoms with Gasteiger partial charge in [-0.25, -0.2) is 13.4 Å². The summed E-state index contributed by atoms with van der Waals surface area (Å²) in [5.41, 5.74) is 6.34. The van der Waals surface area contributed by atoms with Crippen LogP contribution in [-0.2, 0) is 21.4 Å². The molecule has 1 aliphatic rings. The van der Waals surface area contributed by atoms with Crippen molar-refractivity contribution in [3.8, 4) is 5.75 Å². The van der Waals surface area contributed by atoms with E-state index in [1.165, 1.54) is 35.4 Å². The molecule has 1 fully saturated rings. The molecule has 4 rings (SSSR count). The molecule has 5 N–H and O–H groups in total. The number of phenols is 1. The van der Waals surface area contributed by atoms with Gasteiger partial charge in [-0.05, 0) is 42.1 Å². The van der Waals surface area contributed by atoms with E-state index in [2.05, 4.69) is 9.71 Å². The van der Waals surface area contributed by atoms with Gasteiger partial charge in [-0.2, -0.15) is 4.72 Å². The van der Waals surface area contributed by atoms with Crippen LogP contribution in [0.2, 0.25) is 5.15 Å². The lowest BCUT2D eigenvalue weighted by Crippen LogP contribution is -2.41. The van der Waals surface area contributed by atoms with E-state index in [0.29, 0.717) is 34.2 Å². The predicted octanol–water partition coefficient (Wildman–Crippen LogP) is 2.02. The molecule has 1 aliphatic heterocycles. The van der Waals surface area contributed by atoms with Gasteiger partial charge in [0.15, 0.2) is 0 Å². The topological polar surface area (TPSA) is 149 Å². The number of rotatable bonds is 6. The van der Waals surface area contributed by atoms with Crippen LogP contribution in [0.4, 0.5) is 0 Å². The van der Waals surface area contributed by atoms with Crippen molar-refractivity contribution in [2.75, 3.05) is 6.54 Å². The van der Waals surface area contributed by atoms with Gasteiger partial charge in [-0.15, -0.1) is 11.3 Å². The molecule has 0 radical (unpaired) electrons. The first kappa shape index (κ1) is 21.5. The number of fused-ring (bicyclic) bond motifs is 1. The number of benzene rings is 1. The van der Waals surface area contributed by atoms with Gasteiger partial charge in [0.25, 0.3) is 10.0 Å². The lowest BCUT2D eigenvalue weighted by atomic mass is 10.1. The molecule has 1 aromatic carbocycles. The Morgan fingerprint density at radius 2 is 2.16 bits per heavy atom. The molecule has 1 amide bonds. The minimum atomic E-state index is -3.94. The summed E-state index contributed by atoms with van der Waals surface area (Å²) in [4.78, 5) is 18.2. The quantitative estimate of drug-likeness (QED) is 0.241. The number of likely N-dealkylation sites (tertiary alicyclic amines) is 1. The molecule has 2 aromatic heterocycles. The average Bonchev–Trinajstić information content (AvgIpc) is 3.30. The Bertz CT molecular complexity index is 1310. The molecule has 0 spiro atoms. The van der Waals surface area contributed by atoms with Crippen molar-refractivity contribution in [3.63, 3.8) is 0 Å². The van der Waals surface area contributed by atoms with Crippen LogP contribution in [0.5, 0.6) is 5.75 Å². The van der Waals surface area contributed by atoms with Crippen LogP contribution in [0.15, 0.2) is 40.7 Å². The Balaban J connectivity index is 1.51. The number of nitrogen functional groups attached to an aromatic ring is 1. The lowest BCUT2D eigenvalue weighted by Gasteiger charge is -2.18. The van der Waals surface area contributed by atoms with Crippen molar-refractivity contribution in [2.24, 2.45) is 5.73 Å². The number of amidine groups is 1. The van der Waals surface area contributed by atoms with E-state index in [9.17, 15) is 18.3 Å². The second-order valence-corrected chi connectivity index (χ2v) is 10.4. The van der Waals surface area contributed by atoms with E-state index in [-0.39, 0.29) is 27.5 Å². The molecule has 1 saturated heterocycles. The summed E-state index contributed by atoms with van der Waals surface area (Å²) in [6.45, 7) is 0.395. The normalized spacial score (nSPS) is 16.9. The third kappa shape index (κ3) is 4.22. The van der Waals surface area contributed by atoms with Gasteiger partial charge in [0.2, 0.25) is 5.91 Å². The summed E-state index contributed by atoms with van der Waals surface area (Å²) < 4.78 is 28.8. The summed E-state index contributed by atoms with van der Waals surface area (Å²) >= 11 is 7.03. The van der Waals surface area contributed by atoms with Crippen LogP contribution in [0.3, 0.4) is 0 Å². The number of carbonyl (C=O) groups is 1. The zero-order chi connectivity index (χ0) is 22.3. The SMILES string of the molecule is N=C(N)c1ccc(O)c(CN2CCC(NS(=O)(=O)c3cc4ccnc(Cl)c4s3)C2=O)c1. The summed E-state index contributed by atoms with van der Waals surface area (Å²) in [5, 5.41) is 18.5. The highest BCUT2D eigenvalue weighted by atomic mass is 35.5. The van der Waals surface area contributed by atoms with E-state index in [1.54, 1.807) is 6.07 Å². The van der Waals surface area contributed by atoms with Crippen LogP contribution in [0.25, 0.3) is 10.1 Å². The van der Waals surface area contributed by atoms with Crippen LogP contribution in [-0.4, -0.2) is 47.7 Å². The molecule has 3 aromatic rings. The first-order valence-electron chi connectivity index (χ1n) is 9.17. The van der Waals surface area contributed by atoms with Crippen LogP contribution >= 0.6 is 22.9 Å². The number of pyridine rings is 1. The fourth-order valence-corrected chi connectivity index (χ4v) is 6.25. The van der Waals surface area contributed by atoms with Crippen LogP contribution < -0.4 is 10.5 Å². The minimum absolute atomic E-state index is 0.0300. The largest absolute Gasteiger partial charge is 0.508 e. The highest BCUT2D eigenvalue weighted by Gasteiger charge is 2.35. The van der Waals surface area contributed by atoms with Crippen molar-refractivity contribution in [2.45, 2.75) is 23.2 Å². The van der Waals surface area contributed by atoms with E-state index >= 15 is 0 Å². The number of aromatic hydroxyl groups is 1. The third-order valence-corrected chi connectivity index (χ3v) is 8.48. The number of nitrogens with zero attached hydrogens (tertiary/aromatic N) is 2. The summed E-state index contributed by atoms with van der Waals surface area (Å²) in [7, 11) is -3.94. The molecule has 9 nitrogen and oxygen atoms in total. The molecule has 3 heterocycles. The maximum absolute atomic E-state index is 12.8. The smallest absolute Gasteiger partial charge is 0.250 e. The van der Waals surface area contributed by atoms with Gasteiger partial charge in [0.1, 0.15) is 27.0 Å². The number of carbonyl (C=O) groups excluding carboxylic acids is 1. The van der Waals surface area contributed by atoms with Gasteiger partial charge in [-0.3, -0.25) is 10.2 Å². The maximum Gasteiger partial charge on any atom is 0.250 e. The first-order chi connectivity index (χ1) is 14.7. The maximum atomic E-state index is 12.8. The van der Waals surface area contributed by atoms with Crippen LogP contribution in [0, 0.1) is 5.41 Å². The molecule has 12 heteroatoms. The predicted molar refractivity (Wildman–Crippen MR) is 118 cm³/mol. The van der Waals surface area contributed by atoms with E-state index in [0.717, 1.165) is 11.3 Å². The van der Waals surface area contributed by atoms with Gasteiger partial charge in [0.05, 0.1) is 4.70 Å². The van der Waals surface area contributed by atoms with Crippen molar-refractivity contribution < 1.29 is 18.3 Å². The number of nitrogens with one attached hydrogen (secondary N) is 2. The number of hydrogen-bond donors (Lipinski definition) is 4. The fraction of sp³-hybridized carbons (Fsp3) is 0.211. The van der Waals surface area contributed by atoms with Gasteiger partial charge in [0, 0.05) is 30.4 Å². The zero-order valence-corrected chi connectivity index (χ0v) is 18.4. The van der Waals surface area contributed by atoms with Crippen molar-refractivity contribution in [1.29, 1.82) is 5.41 Å². The fourth-order valence-electron chi connectivity index (χ4n) is 3.38. The number of sulfonamides is 1. The lowest BCUT2D eigenvalue weighted by molar-refractivity contribution is -0.129. The first-order valence-corrected chi connectivity index (χ1v) is 11.8. The Kier molecular flexibility index (Phi) is 5.60. The zero-order valence-electron chi connectivity index (χ0n) is 16.0. The molecular weight excluding hydrogens is 462 g/mol. The third-order valence-electron chi connectivity index (χ3n) is 4.98. The number of aromatic nitrogens is 1. The molecule has 0 bridgehead atoms. The Labute approximate surface area is 187 Å². The molecule has 1 unspecified atom stereocenters. The number of amides is 1. The average molecular weight is 480 g/mol. The Morgan fingerprint density at radius 1 is 1.39 bits per heavy atom. The molecule has 0 saturated carbocycles. The van der Waals surface area contributed by atoms with Gasteiger partial charge in [-0.1, -0.05) is 11.6 Å². The Hall–Kier alpha value is -2.73. The highest BCUT2D eigenvalue weighted by molar-refractivity contribution is 7.91. The minimum Gasteiger partial charge on any atom is -0.508 e. The van der Waals surface area contributed by atoms with Crippen LogP contribution in [0.1, 0.15) is 17.5 Å². The van der Waals surface area contributed by atoms with E-state index in [4.69, 9.17) is 22.7 Å².